The lowest BCUT2D eigenvalue weighted by atomic mass is 10.1. The summed E-state index contributed by atoms with van der Waals surface area (Å²) in [6.07, 6.45) is -0.252. The summed E-state index contributed by atoms with van der Waals surface area (Å²) in [5.41, 5.74) is 3.59. The van der Waals surface area contributed by atoms with Crippen LogP contribution in [0, 0.1) is 0 Å². The van der Waals surface area contributed by atoms with Crippen molar-refractivity contribution in [2.45, 2.75) is 32.5 Å². The normalized spacial score (nSPS) is 15.7. The Balaban J connectivity index is 1.51. The lowest BCUT2D eigenvalue weighted by Gasteiger charge is -2.22. The fraction of sp³-hybridized carbons (Fsp3) is 0.200. The van der Waals surface area contributed by atoms with Crippen molar-refractivity contribution in [2.75, 3.05) is 5.32 Å². The molecule has 5 nitrogen and oxygen atoms in total. The van der Waals surface area contributed by atoms with Crippen LogP contribution in [0.1, 0.15) is 23.6 Å². The molecule has 0 saturated heterocycles. The highest BCUT2D eigenvalue weighted by Crippen LogP contribution is 2.29. The van der Waals surface area contributed by atoms with Crippen LogP contribution < -0.4 is 10.1 Å². The lowest BCUT2D eigenvalue weighted by molar-refractivity contribution is -0.138. The molecule has 2 amide bonds. The number of benzene rings is 3. The van der Waals surface area contributed by atoms with Crippen LogP contribution in [-0.2, 0) is 29.1 Å². The summed E-state index contributed by atoms with van der Waals surface area (Å²) in [6, 6.07) is 25.0. The molecule has 0 fully saturated rings. The molecule has 1 heterocycles. The molecule has 30 heavy (non-hydrogen) atoms. The Morgan fingerprint density at radius 1 is 1.00 bits per heavy atom. The molecule has 5 heteroatoms. The number of carbonyl (C=O) groups excluding carboxylic acids is 2. The van der Waals surface area contributed by atoms with Gasteiger partial charge in [0.2, 0.25) is 5.91 Å². The first kappa shape index (κ1) is 19.7. The number of rotatable bonds is 5. The number of fused-ring (bicyclic) bond motifs is 1. The largest absolute Gasteiger partial charge is 0.481 e. The molecular formula is C25H24N2O3. The number of ether oxygens (including phenoxy) is 1. The van der Waals surface area contributed by atoms with Crippen molar-refractivity contribution < 1.29 is 14.3 Å². The summed E-state index contributed by atoms with van der Waals surface area (Å²) >= 11 is 0. The Kier molecular flexibility index (Phi) is 5.80. The number of nitrogens with zero attached hydrogens (tertiary/aromatic N) is 1. The van der Waals surface area contributed by atoms with Gasteiger partial charge in [-0.2, -0.15) is 0 Å². The van der Waals surface area contributed by atoms with Crippen molar-refractivity contribution in [3.05, 3.63) is 95.6 Å². The Bertz CT molecular complexity index is 1030. The van der Waals surface area contributed by atoms with Crippen LogP contribution in [0.4, 0.5) is 5.69 Å². The second-order valence-electron chi connectivity index (χ2n) is 7.47. The summed E-state index contributed by atoms with van der Waals surface area (Å²) in [5, 5.41) is 2.95. The summed E-state index contributed by atoms with van der Waals surface area (Å²) < 4.78 is 5.89. The van der Waals surface area contributed by atoms with Crippen LogP contribution in [0.25, 0.3) is 0 Å². The molecule has 0 saturated carbocycles. The van der Waals surface area contributed by atoms with E-state index in [1.807, 2.05) is 78.9 Å². The van der Waals surface area contributed by atoms with Gasteiger partial charge in [-0.05, 0) is 36.2 Å². The van der Waals surface area contributed by atoms with Gasteiger partial charge in [0.15, 0.2) is 6.10 Å². The van der Waals surface area contributed by atoms with E-state index in [0.717, 1.165) is 16.7 Å². The maximum Gasteiger partial charge on any atom is 0.263 e. The van der Waals surface area contributed by atoms with E-state index in [1.54, 1.807) is 11.8 Å². The molecule has 4 rings (SSSR count). The number of hydrogen-bond donors (Lipinski definition) is 1. The van der Waals surface area contributed by atoms with Gasteiger partial charge in [0.05, 0.1) is 6.42 Å². The second kappa shape index (κ2) is 8.82. The van der Waals surface area contributed by atoms with Gasteiger partial charge in [-0.1, -0.05) is 60.7 Å². The minimum atomic E-state index is -0.562. The van der Waals surface area contributed by atoms with Crippen LogP contribution in [-0.4, -0.2) is 22.8 Å². The average molecular weight is 400 g/mol. The molecule has 3 aromatic carbocycles. The third-order valence-corrected chi connectivity index (χ3v) is 5.09. The summed E-state index contributed by atoms with van der Waals surface area (Å²) in [7, 11) is 0. The van der Waals surface area contributed by atoms with E-state index in [1.165, 1.54) is 0 Å². The van der Waals surface area contributed by atoms with E-state index in [4.69, 9.17) is 4.74 Å². The minimum Gasteiger partial charge on any atom is -0.481 e. The standard InChI is InChI=1S/C25H24N2O3/c1-18-25(29)27(16-20-10-6-3-7-11-20)17-21-15-22(12-13-23(21)30-18)26-24(28)14-19-8-4-2-5-9-19/h2-13,15,18H,14,16-17H2,1H3,(H,26,28). The van der Waals surface area contributed by atoms with Crippen LogP contribution in [0.15, 0.2) is 78.9 Å². The van der Waals surface area contributed by atoms with Gasteiger partial charge in [-0.25, -0.2) is 0 Å². The Morgan fingerprint density at radius 3 is 2.37 bits per heavy atom. The summed E-state index contributed by atoms with van der Waals surface area (Å²) in [5.74, 6) is 0.540. The van der Waals surface area contributed by atoms with Gasteiger partial charge < -0.3 is 15.0 Å². The van der Waals surface area contributed by atoms with E-state index in [0.29, 0.717) is 30.9 Å². The zero-order valence-electron chi connectivity index (χ0n) is 16.9. The van der Waals surface area contributed by atoms with Gasteiger partial charge in [0, 0.05) is 24.3 Å². The monoisotopic (exact) mass is 400 g/mol. The highest BCUT2D eigenvalue weighted by molar-refractivity contribution is 5.92. The first-order chi connectivity index (χ1) is 14.6. The van der Waals surface area contributed by atoms with E-state index < -0.39 is 6.10 Å². The number of hydrogen-bond acceptors (Lipinski definition) is 3. The molecule has 1 atom stereocenters. The third kappa shape index (κ3) is 4.69. The molecule has 0 spiro atoms. The van der Waals surface area contributed by atoms with Crippen LogP contribution in [0.2, 0.25) is 0 Å². The number of nitrogens with one attached hydrogen (secondary N) is 1. The van der Waals surface area contributed by atoms with Crippen molar-refractivity contribution in [3.8, 4) is 5.75 Å². The first-order valence-electron chi connectivity index (χ1n) is 10.0. The molecule has 0 aromatic heterocycles. The number of anilines is 1. The Labute approximate surface area is 176 Å². The zero-order valence-corrected chi connectivity index (χ0v) is 16.9. The molecule has 1 aliphatic rings. The van der Waals surface area contributed by atoms with Gasteiger partial charge in [0.25, 0.3) is 5.91 Å². The predicted octanol–water partition coefficient (Wildman–Crippen LogP) is 4.18. The van der Waals surface area contributed by atoms with Crippen LogP contribution in [0.5, 0.6) is 5.75 Å². The third-order valence-electron chi connectivity index (χ3n) is 5.09. The number of amides is 2. The van der Waals surface area contributed by atoms with Gasteiger partial charge in [-0.3, -0.25) is 9.59 Å². The number of carbonyl (C=O) groups is 2. The van der Waals surface area contributed by atoms with Crippen LogP contribution >= 0.6 is 0 Å². The quantitative estimate of drug-likeness (QED) is 0.699. The van der Waals surface area contributed by atoms with E-state index in [2.05, 4.69) is 5.32 Å². The average Bonchev–Trinajstić information content (AvgIpc) is 2.86. The molecule has 152 valence electrons. The zero-order chi connectivity index (χ0) is 20.9. The molecule has 3 aromatic rings. The van der Waals surface area contributed by atoms with Gasteiger partial charge in [-0.15, -0.1) is 0 Å². The maximum atomic E-state index is 12.8. The van der Waals surface area contributed by atoms with Gasteiger partial charge >= 0.3 is 0 Å². The molecule has 1 unspecified atom stereocenters. The van der Waals surface area contributed by atoms with Crippen molar-refractivity contribution in [1.29, 1.82) is 0 Å². The Morgan fingerprint density at radius 2 is 1.67 bits per heavy atom. The summed E-state index contributed by atoms with van der Waals surface area (Å²) in [6.45, 7) is 2.71. The van der Waals surface area contributed by atoms with Gasteiger partial charge in [0.1, 0.15) is 5.75 Å². The lowest BCUT2D eigenvalue weighted by Crippen LogP contribution is -2.37. The molecule has 1 N–H and O–H groups in total. The molecule has 1 aliphatic heterocycles. The van der Waals surface area contributed by atoms with Crippen molar-refractivity contribution in [1.82, 2.24) is 4.90 Å². The van der Waals surface area contributed by atoms with E-state index >= 15 is 0 Å². The fourth-order valence-electron chi connectivity index (χ4n) is 3.60. The topological polar surface area (TPSA) is 58.6 Å². The molecule has 0 radical (unpaired) electrons. The van der Waals surface area contributed by atoms with Crippen molar-refractivity contribution in [3.63, 3.8) is 0 Å². The van der Waals surface area contributed by atoms with Crippen LogP contribution in [0.3, 0.4) is 0 Å². The SMILES string of the molecule is CC1Oc2ccc(NC(=O)Cc3ccccc3)cc2CN(Cc2ccccc2)C1=O. The highest BCUT2D eigenvalue weighted by Gasteiger charge is 2.28. The smallest absolute Gasteiger partial charge is 0.263 e. The van der Waals surface area contributed by atoms with E-state index in [-0.39, 0.29) is 11.8 Å². The molecular weight excluding hydrogens is 376 g/mol. The maximum absolute atomic E-state index is 12.8. The predicted molar refractivity (Wildman–Crippen MR) is 116 cm³/mol. The minimum absolute atomic E-state index is 0.0512. The fourth-order valence-corrected chi connectivity index (χ4v) is 3.60. The van der Waals surface area contributed by atoms with E-state index in [9.17, 15) is 9.59 Å². The van der Waals surface area contributed by atoms with Crippen molar-refractivity contribution in [2.24, 2.45) is 0 Å². The summed E-state index contributed by atoms with van der Waals surface area (Å²) in [4.78, 5) is 27.0. The van der Waals surface area contributed by atoms with Crippen molar-refractivity contribution >= 4 is 17.5 Å². The second-order valence-corrected chi connectivity index (χ2v) is 7.47. The first-order valence-corrected chi connectivity index (χ1v) is 10.0. The molecule has 0 aliphatic carbocycles. The molecule has 0 bridgehead atoms. The Hall–Kier alpha value is -3.60. The highest BCUT2D eigenvalue weighted by atomic mass is 16.5.